The Labute approximate surface area is 121 Å². The quantitative estimate of drug-likeness (QED) is 0.316. The average Bonchev–Trinajstić information content (AvgIpc) is 2.45. The number of hydrogen-bond acceptors (Lipinski definition) is 7. The Balaban J connectivity index is 3.13. The molecule has 0 bridgehead atoms. The molecule has 0 heterocycles. The molecule has 0 saturated heterocycles. The molecular weight excluding hydrogens is 287 g/mol. The van der Waals surface area contributed by atoms with Crippen molar-refractivity contribution in [3.8, 4) is 0 Å². The molecule has 0 aromatic carbocycles. The van der Waals surface area contributed by atoms with Gasteiger partial charge < -0.3 is 28.0 Å². The van der Waals surface area contributed by atoms with Gasteiger partial charge in [0.2, 0.25) is 0 Å². The molecule has 0 radical (unpaired) electrons. The lowest BCUT2D eigenvalue weighted by molar-refractivity contribution is 0.0321. The van der Waals surface area contributed by atoms with Crippen LogP contribution in [0.25, 0.3) is 0 Å². The molecule has 0 N–H and O–H groups in total. The Bertz CT molecular complexity index is 196. The molecule has 0 aliphatic carbocycles. The maximum Gasteiger partial charge on any atom is 0.319 e. The molecule has 0 saturated carbocycles. The summed E-state index contributed by atoms with van der Waals surface area (Å²) in [4.78, 5) is 0. The van der Waals surface area contributed by atoms with Gasteiger partial charge in [-0.25, -0.2) is 0 Å². The van der Waals surface area contributed by atoms with Crippen molar-refractivity contribution in [3.05, 3.63) is 0 Å². The predicted octanol–water partition coefficient (Wildman–Crippen LogP) is 1.52. The predicted molar refractivity (Wildman–Crippen MR) is 75.5 cm³/mol. The van der Waals surface area contributed by atoms with E-state index in [4.69, 9.17) is 28.0 Å². The van der Waals surface area contributed by atoms with E-state index < -0.39 is 8.25 Å². The van der Waals surface area contributed by atoms with Gasteiger partial charge in [-0.2, -0.15) is 0 Å². The Kier molecular flexibility index (Phi) is 17.0. The van der Waals surface area contributed by atoms with Gasteiger partial charge in [-0.1, -0.05) is 0 Å². The van der Waals surface area contributed by atoms with Crippen LogP contribution in [-0.2, 0) is 32.6 Å². The number of rotatable bonds is 16. The molecule has 0 unspecified atom stereocenters. The highest BCUT2D eigenvalue weighted by Gasteiger charge is 2.00. The number of hydrogen-bond donors (Lipinski definition) is 0. The fourth-order valence-electron chi connectivity index (χ4n) is 1.14. The van der Waals surface area contributed by atoms with Crippen LogP contribution in [0.3, 0.4) is 0 Å². The van der Waals surface area contributed by atoms with E-state index in [1.54, 1.807) is 0 Å². The molecule has 7 nitrogen and oxygen atoms in total. The van der Waals surface area contributed by atoms with Crippen LogP contribution >= 0.6 is 8.25 Å². The van der Waals surface area contributed by atoms with Crippen molar-refractivity contribution in [2.75, 3.05) is 66.1 Å². The van der Waals surface area contributed by atoms with Crippen LogP contribution in [0.4, 0.5) is 0 Å². The summed E-state index contributed by atoms with van der Waals surface area (Å²) in [6.45, 7) is 8.56. The summed E-state index contributed by atoms with van der Waals surface area (Å²) in [6.07, 6.45) is 0. The third-order valence-electron chi connectivity index (χ3n) is 2.05. The molecule has 20 heavy (non-hydrogen) atoms. The summed E-state index contributed by atoms with van der Waals surface area (Å²) in [5.41, 5.74) is 0. The lowest BCUT2D eigenvalue weighted by atomic mass is 10.7. The molecular formula is C12H27O7P. The van der Waals surface area contributed by atoms with Gasteiger partial charge in [-0.3, -0.25) is 4.57 Å². The van der Waals surface area contributed by atoms with Crippen molar-refractivity contribution >= 4 is 8.25 Å². The molecule has 0 aromatic heterocycles. The highest BCUT2D eigenvalue weighted by Crippen LogP contribution is 2.22. The van der Waals surface area contributed by atoms with Crippen LogP contribution in [0.15, 0.2) is 0 Å². The van der Waals surface area contributed by atoms with Gasteiger partial charge in [-0.05, 0) is 13.8 Å². The van der Waals surface area contributed by atoms with E-state index in [1.807, 2.05) is 13.8 Å². The van der Waals surface area contributed by atoms with Gasteiger partial charge in [0.1, 0.15) is 0 Å². The third-order valence-corrected chi connectivity index (χ3v) is 2.93. The second kappa shape index (κ2) is 17.0. The van der Waals surface area contributed by atoms with E-state index in [-0.39, 0.29) is 13.2 Å². The molecule has 0 aliphatic heterocycles. The summed E-state index contributed by atoms with van der Waals surface area (Å²) >= 11 is 0. The van der Waals surface area contributed by atoms with E-state index >= 15 is 0 Å². The van der Waals surface area contributed by atoms with Gasteiger partial charge in [0.25, 0.3) is 0 Å². The van der Waals surface area contributed by atoms with Crippen LogP contribution in [-0.4, -0.2) is 66.1 Å². The molecule has 0 rings (SSSR count). The van der Waals surface area contributed by atoms with Crippen molar-refractivity contribution in [1.82, 2.24) is 0 Å². The Morgan fingerprint density at radius 2 is 0.950 bits per heavy atom. The highest BCUT2D eigenvalue weighted by atomic mass is 31.1. The lowest BCUT2D eigenvalue weighted by Gasteiger charge is -2.07. The minimum absolute atomic E-state index is 0.245. The first-order valence-corrected chi connectivity index (χ1v) is 8.14. The second-order valence-electron chi connectivity index (χ2n) is 3.57. The molecule has 8 heteroatoms. The van der Waals surface area contributed by atoms with Gasteiger partial charge in [0.05, 0.1) is 52.9 Å². The van der Waals surface area contributed by atoms with Crippen LogP contribution in [0.5, 0.6) is 0 Å². The topological polar surface area (TPSA) is 72.5 Å². The molecule has 0 spiro atoms. The van der Waals surface area contributed by atoms with Crippen LogP contribution in [0, 0.1) is 0 Å². The van der Waals surface area contributed by atoms with Crippen molar-refractivity contribution in [2.45, 2.75) is 13.8 Å². The normalized spacial score (nSPS) is 11.3. The Morgan fingerprint density at radius 1 is 0.600 bits per heavy atom. The standard InChI is InChI=1S/C12H27O7P/c1-3-14-5-7-16-9-11-18-20(13)19-12-10-17-8-6-15-4-2/h20H,3-12H2,1-2H3. The molecule has 0 aliphatic rings. The Morgan fingerprint density at radius 3 is 1.35 bits per heavy atom. The van der Waals surface area contributed by atoms with Gasteiger partial charge in [0, 0.05) is 13.2 Å². The van der Waals surface area contributed by atoms with Gasteiger partial charge in [0.15, 0.2) is 0 Å². The zero-order chi connectivity index (χ0) is 14.9. The van der Waals surface area contributed by atoms with E-state index in [1.165, 1.54) is 0 Å². The van der Waals surface area contributed by atoms with Crippen LogP contribution in [0.2, 0.25) is 0 Å². The van der Waals surface area contributed by atoms with Crippen LogP contribution in [0.1, 0.15) is 13.8 Å². The molecule has 0 amide bonds. The zero-order valence-corrected chi connectivity index (χ0v) is 13.4. The van der Waals surface area contributed by atoms with Crippen molar-refractivity contribution < 1.29 is 32.6 Å². The minimum atomic E-state index is -2.46. The zero-order valence-electron chi connectivity index (χ0n) is 12.4. The van der Waals surface area contributed by atoms with Gasteiger partial charge >= 0.3 is 8.25 Å². The largest absolute Gasteiger partial charge is 0.379 e. The lowest BCUT2D eigenvalue weighted by Crippen LogP contribution is -2.09. The second-order valence-corrected chi connectivity index (χ2v) is 4.64. The summed E-state index contributed by atoms with van der Waals surface area (Å²) in [5, 5.41) is 0. The van der Waals surface area contributed by atoms with E-state index in [9.17, 15) is 4.57 Å². The maximum absolute atomic E-state index is 11.3. The average molecular weight is 314 g/mol. The highest BCUT2D eigenvalue weighted by molar-refractivity contribution is 7.33. The van der Waals surface area contributed by atoms with Crippen molar-refractivity contribution in [1.29, 1.82) is 0 Å². The van der Waals surface area contributed by atoms with E-state index in [0.717, 1.165) is 0 Å². The summed E-state index contributed by atoms with van der Waals surface area (Å²) in [5.74, 6) is 0. The SMILES string of the molecule is CCOCCOCCO[PH](=O)OCCOCCOCC. The summed E-state index contributed by atoms with van der Waals surface area (Å²) in [7, 11) is -2.46. The fraction of sp³-hybridized carbons (Fsp3) is 1.00. The molecule has 0 aromatic rings. The molecule has 122 valence electrons. The first kappa shape index (κ1) is 20.0. The maximum atomic E-state index is 11.3. The van der Waals surface area contributed by atoms with Crippen molar-refractivity contribution in [3.63, 3.8) is 0 Å². The first-order chi connectivity index (χ1) is 9.81. The minimum Gasteiger partial charge on any atom is -0.379 e. The molecule has 0 fully saturated rings. The monoisotopic (exact) mass is 314 g/mol. The smallest absolute Gasteiger partial charge is 0.319 e. The molecule has 0 atom stereocenters. The summed E-state index contributed by atoms with van der Waals surface area (Å²) < 4.78 is 41.8. The van der Waals surface area contributed by atoms with Crippen molar-refractivity contribution in [2.24, 2.45) is 0 Å². The van der Waals surface area contributed by atoms with E-state index in [0.29, 0.717) is 52.9 Å². The van der Waals surface area contributed by atoms with Crippen LogP contribution < -0.4 is 0 Å². The van der Waals surface area contributed by atoms with Gasteiger partial charge in [-0.15, -0.1) is 0 Å². The van der Waals surface area contributed by atoms with E-state index in [2.05, 4.69) is 0 Å². The third kappa shape index (κ3) is 16.0. The Hall–Kier alpha value is -0.0100. The first-order valence-electron chi connectivity index (χ1n) is 6.91. The number of ether oxygens (including phenoxy) is 4. The fourth-order valence-corrected chi connectivity index (χ4v) is 1.72. The summed E-state index contributed by atoms with van der Waals surface area (Å²) in [6, 6.07) is 0.